The summed E-state index contributed by atoms with van der Waals surface area (Å²) >= 11 is 1.30. The predicted octanol–water partition coefficient (Wildman–Crippen LogP) is 0.786. The summed E-state index contributed by atoms with van der Waals surface area (Å²) in [5.41, 5.74) is 10.5. The highest BCUT2D eigenvalue weighted by atomic mass is 32.1. The van der Waals surface area contributed by atoms with Crippen LogP contribution in [0, 0.1) is 11.8 Å². The molecule has 0 unspecified atom stereocenters. The first-order valence-corrected chi connectivity index (χ1v) is 7.26. The topological polar surface area (TPSA) is 89.4 Å². The van der Waals surface area contributed by atoms with E-state index in [-0.39, 0.29) is 19.0 Å². The molecule has 108 valence electrons. The summed E-state index contributed by atoms with van der Waals surface area (Å²) in [5, 5.41) is 0. The summed E-state index contributed by atoms with van der Waals surface area (Å²) in [5.74, 6) is 4.94. The molecule has 2 amide bonds. The van der Waals surface area contributed by atoms with Gasteiger partial charge in [0.15, 0.2) is 0 Å². The van der Waals surface area contributed by atoms with Gasteiger partial charge >= 0.3 is 0 Å². The quantitative estimate of drug-likeness (QED) is 0.760. The molecule has 1 aromatic rings. The number of rotatable bonds is 6. The molecule has 5 nitrogen and oxygen atoms in total. The van der Waals surface area contributed by atoms with E-state index in [4.69, 9.17) is 11.5 Å². The number of thiophene rings is 1. The first kappa shape index (κ1) is 16.2. The monoisotopic (exact) mass is 293 g/mol. The molecule has 1 heterocycles. The fourth-order valence-electron chi connectivity index (χ4n) is 1.60. The van der Waals surface area contributed by atoms with Crippen molar-refractivity contribution in [1.82, 2.24) is 4.90 Å². The maximum Gasteiger partial charge on any atom is 0.264 e. The number of unbranched alkanes of at least 4 members (excludes halogenated alkanes) is 1. The largest absolute Gasteiger partial charge is 0.368 e. The summed E-state index contributed by atoms with van der Waals surface area (Å²) in [7, 11) is 0. The first-order chi connectivity index (χ1) is 9.58. The second-order valence-corrected chi connectivity index (χ2v) is 5.30. The molecule has 4 N–H and O–H groups in total. The minimum absolute atomic E-state index is 0.0550. The van der Waals surface area contributed by atoms with Crippen LogP contribution >= 0.6 is 11.3 Å². The van der Waals surface area contributed by atoms with Crippen LogP contribution in [0.2, 0.25) is 0 Å². The van der Waals surface area contributed by atoms with E-state index < -0.39 is 5.91 Å². The van der Waals surface area contributed by atoms with E-state index in [2.05, 4.69) is 11.8 Å². The zero-order valence-corrected chi connectivity index (χ0v) is 12.3. The molecule has 0 aromatic carbocycles. The fraction of sp³-hybridized carbons (Fsp3) is 0.429. The van der Waals surface area contributed by atoms with E-state index in [1.54, 1.807) is 12.1 Å². The number of nitrogens with two attached hydrogens (primary N) is 2. The zero-order chi connectivity index (χ0) is 15.0. The minimum atomic E-state index is -0.505. The molecule has 0 bridgehead atoms. The molecule has 0 atom stereocenters. The van der Waals surface area contributed by atoms with Crippen molar-refractivity contribution in [3.63, 3.8) is 0 Å². The number of nitrogens with zero attached hydrogens (tertiary/aromatic N) is 1. The molecule has 0 fully saturated rings. The predicted molar refractivity (Wildman–Crippen MR) is 80.3 cm³/mol. The number of carbonyl (C=O) groups is 2. The van der Waals surface area contributed by atoms with Crippen molar-refractivity contribution in [2.75, 3.05) is 19.6 Å². The van der Waals surface area contributed by atoms with E-state index in [1.165, 1.54) is 16.2 Å². The van der Waals surface area contributed by atoms with Crippen molar-refractivity contribution in [1.29, 1.82) is 0 Å². The first-order valence-electron chi connectivity index (χ1n) is 6.44. The smallest absolute Gasteiger partial charge is 0.264 e. The Balaban J connectivity index is 2.82. The van der Waals surface area contributed by atoms with Crippen LogP contribution < -0.4 is 11.5 Å². The lowest BCUT2D eigenvalue weighted by Gasteiger charge is -2.19. The lowest BCUT2D eigenvalue weighted by molar-refractivity contribution is -0.118. The fourth-order valence-corrected chi connectivity index (χ4v) is 2.45. The van der Waals surface area contributed by atoms with Gasteiger partial charge in [-0.05, 0) is 18.6 Å². The number of primary amides is 1. The van der Waals surface area contributed by atoms with Crippen LogP contribution in [-0.4, -0.2) is 36.3 Å². The number of amides is 2. The van der Waals surface area contributed by atoms with Gasteiger partial charge in [0.2, 0.25) is 5.91 Å². The Kier molecular flexibility index (Phi) is 6.77. The van der Waals surface area contributed by atoms with Crippen LogP contribution in [0.5, 0.6) is 0 Å². The van der Waals surface area contributed by atoms with E-state index in [1.807, 2.05) is 6.92 Å². The Morgan fingerprint density at radius 3 is 2.75 bits per heavy atom. The van der Waals surface area contributed by atoms with Gasteiger partial charge in [-0.3, -0.25) is 9.59 Å². The number of hydrogen-bond acceptors (Lipinski definition) is 4. The molecule has 1 aromatic heterocycles. The van der Waals surface area contributed by atoms with Gasteiger partial charge in [-0.25, -0.2) is 0 Å². The molecule has 0 saturated heterocycles. The average molecular weight is 293 g/mol. The van der Waals surface area contributed by atoms with Crippen molar-refractivity contribution in [2.45, 2.75) is 19.8 Å². The minimum Gasteiger partial charge on any atom is -0.368 e. The van der Waals surface area contributed by atoms with Crippen LogP contribution in [0.1, 0.15) is 34.3 Å². The van der Waals surface area contributed by atoms with Crippen LogP contribution in [0.25, 0.3) is 0 Å². The van der Waals surface area contributed by atoms with Crippen molar-refractivity contribution >= 4 is 23.2 Å². The average Bonchev–Trinajstić information content (AvgIpc) is 2.88. The third-order valence-corrected chi connectivity index (χ3v) is 3.53. The molecular formula is C14H19N3O2S. The van der Waals surface area contributed by atoms with Crippen LogP contribution in [0.4, 0.5) is 0 Å². The number of hydrogen-bond donors (Lipinski definition) is 2. The molecule has 6 heteroatoms. The molecule has 0 aliphatic heterocycles. The molecule has 0 radical (unpaired) electrons. The second kappa shape index (κ2) is 8.35. The zero-order valence-electron chi connectivity index (χ0n) is 11.5. The molecule has 0 aliphatic rings. The Morgan fingerprint density at radius 2 is 2.15 bits per heavy atom. The Morgan fingerprint density at radius 1 is 1.40 bits per heavy atom. The van der Waals surface area contributed by atoms with Gasteiger partial charge in [0.25, 0.3) is 5.91 Å². The Labute approximate surface area is 122 Å². The van der Waals surface area contributed by atoms with Gasteiger partial charge < -0.3 is 16.4 Å². The number of carbonyl (C=O) groups excluding carboxylic acids is 2. The highest BCUT2D eigenvalue weighted by Crippen LogP contribution is 2.17. The SMILES string of the molecule is CCCCN(CC(N)=O)C(=O)c1ccc(C#CCN)s1. The van der Waals surface area contributed by atoms with Gasteiger partial charge in [-0.15, -0.1) is 11.3 Å². The van der Waals surface area contributed by atoms with Crippen molar-refractivity contribution < 1.29 is 9.59 Å². The molecule has 1 rings (SSSR count). The van der Waals surface area contributed by atoms with Crippen molar-refractivity contribution in [2.24, 2.45) is 11.5 Å². The summed E-state index contributed by atoms with van der Waals surface area (Å²) in [6, 6.07) is 3.50. The van der Waals surface area contributed by atoms with Gasteiger partial charge in [-0.1, -0.05) is 25.2 Å². The highest BCUT2D eigenvalue weighted by Gasteiger charge is 2.18. The normalized spacial score (nSPS) is 9.70. The van der Waals surface area contributed by atoms with E-state index >= 15 is 0 Å². The summed E-state index contributed by atoms with van der Waals surface area (Å²) in [4.78, 5) is 26.2. The van der Waals surface area contributed by atoms with Crippen LogP contribution in [0.3, 0.4) is 0 Å². The Hall–Kier alpha value is -1.84. The summed E-state index contributed by atoms with van der Waals surface area (Å²) < 4.78 is 0. The third kappa shape index (κ3) is 5.03. The van der Waals surface area contributed by atoms with Gasteiger partial charge in [-0.2, -0.15) is 0 Å². The molecule has 20 heavy (non-hydrogen) atoms. The summed E-state index contributed by atoms with van der Waals surface area (Å²) in [6.45, 7) is 2.78. The lowest BCUT2D eigenvalue weighted by atomic mass is 10.3. The maximum atomic E-state index is 12.3. The lowest BCUT2D eigenvalue weighted by Crippen LogP contribution is -2.38. The molecule has 0 saturated carbocycles. The van der Waals surface area contributed by atoms with E-state index in [0.29, 0.717) is 11.4 Å². The molecule has 0 spiro atoms. The van der Waals surface area contributed by atoms with E-state index in [0.717, 1.165) is 17.7 Å². The third-order valence-electron chi connectivity index (χ3n) is 2.55. The molecular weight excluding hydrogens is 274 g/mol. The van der Waals surface area contributed by atoms with Crippen LogP contribution in [-0.2, 0) is 4.79 Å². The maximum absolute atomic E-state index is 12.3. The highest BCUT2D eigenvalue weighted by molar-refractivity contribution is 7.14. The van der Waals surface area contributed by atoms with Crippen LogP contribution in [0.15, 0.2) is 12.1 Å². The standard InChI is InChI=1S/C14H19N3O2S/c1-2-3-9-17(10-13(16)18)14(19)12-7-6-11(20-12)5-4-8-15/h6-7H,2-3,8-10,15H2,1H3,(H2,16,18). The van der Waals surface area contributed by atoms with Gasteiger partial charge in [0.1, 0.15) is 0 Å². The Bertz CT molecular complexity index is 528. The molecule has 0 aliphatic carbocycles. The van der Waals surface area contributed by atoms with Crippen molar-refractivity contribution in [3.05, 3.63) is 21.9 Å². The van der Waals surface area contributed by atoms with Crippen molar-refractivity contribution in [3.8, 4) is 11.8 Å². The van der Waals surface area contributed by atoms with Gasteiger partial charge in [0.05, 0.1) is 22.8 Å². The second-order valence-electron chi connectivity index (χ2n) is 4.22. The summed E-state index contributed by atoms with van der Waals surface area (Å²) in [6.07, 6.45) is 1.78. The van der Waals surface area contributed by atoms with Gasteiger partial charge in [0, 0.05) is 6.54 Å². The van der Waals surface area contributed by atoms with E-state index in [9.17, 15) is 9.59 Å².